The number of hydrogen-bond donors (Lipinski definition) is 1. The normalized spacial score (nSPS) is 24.0. The van der Waals surface area contributed by atoms with Crippen LogP contribution < -0.4 is 0 Å². The van der Waals surface area contributed by atoms with Crippen LogP contribution in [0.3, 0.4) is 0 Å². The van der Waals surface area contributed by atoms with Gasteiger partial charge < -0.3 is 14.6 Å². The highest BCUT2D eigenvalue weighted by Gasteiger charge is 2.33. The van der Waals surface area contributed by atoms with Gasteiger partial charge in [0.05, 0.1) is 5.92 Å². The molecule has 0 aliphatic carbocycles. The fourth-order valence-corrected chi connectivity index (χ4v) is 2.53. The minimum Gasteiger partial charge on any atom is -0.481 e. The number of carboxylic acids is 1. The molecule has 2 atom stereocenters. The summed E-state index contributed by atoms with van der Waals surface area (Å²) in [5.41, 5.74) is 0.649. The van der Waals surface area contributed by atoms with Crippen molar-refractivity contribution in [2.45, 2.75) is 25.8 Å². The van der Waals surface area contributed by atoms with E-state index in [2.05, 4.69) is 0 Å². The van der Waals surface area contributed by atoms with Crippen LogP contribution in [0.1, 0.15) is 30.3 Å². The maximum atomic E-state index is 12.3. The first-order chi connectivity index (χ1) is 8.50. The zero-order chi connectivity index (χ0) is 13.3. The van der Waals surface area contributed by atoms with Crippen LogP contribution in [-0.4, -0.2) is 39.0 Å². The summed E-state index contributed by atoms with van der Waals surface area (Å²) in [4.78, 5) is 25.1. The van der Waals surface area contributed by atoms with Gasteiger partial charge in [0, 0.05) is 25.8 Å². The fourth-order valence-electron chi connectivity index (χ4n) is 2.53. The summed E-state index contributed by atoms with van der Waals surface area (Å²) in [7, 11) is 1.84. The lowest BCUT2D eigenvalue weighted by atomic mass is 9.91. The Hall–Kier alpha value is -1.78. The van der Waals surface area contributed by atoms with Gasteiger partial charge in [0.1, 0.15) is 5.69 Å². The third-order valence-electron chi connectivity index (χ3n) is 3.65. The Bertz CT molecular complexity index is 467. The number of aryl methyl sites for hydroxylation is 1. The van der Waals surface area contributed by atoms with Crippen molar-refractivity contribution in [2.75, 3.05) is 6.54 Å². The zero-order valence-electron chi connectivity index (χ0n) is 10.7. The van der Waals surface area contributed by atoms with Crippen molar-refractivity contribution in [3.8, 4) is 0 Å². The van der Waals surface area contributed by atoms with Crippen molar-refractivity contribution in [1.82, 2.24) is 9.47 Å². The molecule has 1 aromatic rings. The molecule has 1 amide bonds. The molecule has 0 bridgehead atoms. The standard InChI is InChI=1S/C13H18N2O3/c1-9-8-10(13(17)18)5-7-15(9)12(16)11-4-3-6-14(11)2/h3-4,6,9-10H,5,7-8H2,1-2H3,(H,17,18). The number of amides is 1. The number of aromatic nitrogens is 1. The van der Waals surface area contributed by atoms with E-state index in [0.717, 1.165) is 0 Å². The van der Waals surface area contributed by atoms with Gasteiger partial charge in [0.15, 0.2) is 0 Å². The predicted octanol–water partition coefficient (Wildman–Crippen LogP) is 1.35. The van der Waals surface area contributed by atoms with E-state index in [1.165, 1.54) is 0 Å². The van der Waals surface area contributed by atoms with E-state index in [9.17, 15) is 9.59 Å². The molecule has 2 unspecified atom stereocenters. The lowest BCUT2D eigenvalue weighted by Crippen LogP contribution is -2.46. The number of nitrogens with zero attached hydrogens (tertiary/aromatic N) is 2. The van der Waals surface area contributed by atoms with Gasteiger partial charge in [-0.2, -0.15) is 0 Å². The molecule has 0 radical (unpaired) electrons. The van der Waals surface area contributed by atoms with E-state index >= 15 is 0 Å². The van der Waals surface area contributed by atoms with Crippen LogP contribution in [0.25, 0.3) is 0 Å². The third kappa shape index (κ3) is 2.25. The molecular formula is C13H18N2O3. The van der Waals surface area contributed by atoms with Crippen LogP contribution >= 0.6 is 0 Å². The van der Waals surface area contributed by atoms with Crippen LogP contribution in [0.5, 0.6) is 0 Å². The average molecular weight is 250 g/mol. The van der Waals surface area contributed by atoms with E-state index in [1.54, 1.807) is 15.5 Å². The molecule has 2 rings (SSSR count). The average Bonchev–Trinajstić information content (AvgIpc) is 2.74. The summed E-state index contributed by atoms with van der Waals surface area (Å²) < 4.78 is 1.79. The van der Waals surface area contributed by atoms with Gasteiger partial charge in [-0.3, -0.25) is 9.59 Å². The summed E-state index contributed by atoms with van der Waals surface area (Å²) in [5, 5.41) is 9.00. The molecule has 5 heteroatoms. The fraction of sp³-hybridized carbons (Fsp3) is 0.538. The largest absolute Gasteiger partial charge is 0.481 e. The number of aliphatic carboxylic acids is 1. The highest BCUT2D eigenvalue weighted by atomic mass is 16.4. The first-order valence-electron chi connectivity index (χ1n) is 6.16. The van der Waals surface area contributed by atoms with Crippen LogP contribution in [0.15, 0.2) is 18.3 Å². The Morgan fingerprint density at radius 1 is 1.44 bits per heavy atom. The molecule has 1 aromatic heterocycles. The van der Waals surface area contributed by atoms with E-state index in [4.69, 9.17) is 5.11 Å². The van der Waals surface area contributed by atoms with Gasteiger partial charge >= 0.3 is 5.97 Å². The molecule has 18 heavy (non-hydrogen) atoms. The summed E-state index contributed by atoms with van der Waals surface area (Å²) in [6, 6.07) is 3.60. The summed E-state index contributed by atoms with van der Waals surface area (Å²) in [6.45, 7) is 2.43. The minimum absolute atomic E-state index is 0.0150. The maximum absolute atomic E-state index is 12.3. The van der Waals surface area contributed by atoms with E-state index in [-0.39, 0.29) is 17.9 Å². The van der Waals surface area contributed by atoms with Gasteiger partial charge in [-0.1, -0.05) is 0 Å². The summed E-state index contributed by atoms with van der Waals surface area (Å²) in [6.07, 6.45) is 2.91. The molecule has 5 nitrogen and oxygen atoms in total. The van der Waals surface area contributed by atoms with Crippen molar-refractivity contribution in [1.29, 1.82) is 0 Å². The molecule has 1 N–H and O–H groups in total. The Labute approximate surface area is 106 Å². The number of carbonyl (C=O) groups is 2. The molecule has 1 aliphatic rings. The quantitative estimate of drug-likeness (QED) is 0.861. The highest BCUT2D eigenvalue weighted by Crippen LogP contribution is 2.24. The van der Waals surface area contributed by atoms with Gasteiger partial charge in [0.2, 0.25) is 0 Å². The molecule has 0 spiro atoms. The van der Waals surface area contributed by atoms with Crippen LogP contribution in [0, 0.1) is 5.92 Å². The Morgan fingerprint density at radius 2 is 2.17 bits per heavy atom. The minimum atomic E-state index is -0.757. The lowest BCUT2D eigenvalue weighted by molar-refractivity contribution is -0.143. The summed E-state index contributed by atoms with van der Waals surface area (Å²) >= 11 is 0. The van der Waals surface area contributed by atoms with Crippen LogP contribution in [-0.2, 0) is 11.8 Å². The monoisotopic (exact) mass is 250 g/mol. The van der Waals surface area contributed by atoms with Crippen molar-refractivity contribution in [2.24, 2.45) is 13.0 Å². The van der Waals surface area contributed by atoms with E-state index in [1.807, 2.05) is 26.2 Å². The maximum Gasteiger partial charge on any atom is 0.306 e. The molecular weight excluding hydrogens is 232 g/mol. The molecule has 0 aromatic carbocycles. The molecule has 1 fully saturated rings. The third-order valence-corrected chi connectivity index (χ3v) is 3.65. The molecule has 0 saturated carbocycles. The lowest BCUT2D eigenvalue weighted by Gasteiger charge is -2.36. The Morgan fingerprint density at radius 3 is 2.67 bits per heavy atom. The Balaban J connectivity index is 2.10. The zero-order valence-corrected chi connectivity index (χ0v) is 10.7. The topological polar surface area (TPSA) is 62.5 Å². The van der Waals surface area contributed by atoms with Gasteiger partial charge in [0.25, 0.3) is 5.91 Å². The molecule has 1 saturated heterocycles. The van der Waals surface area contributed by atoms with Crippen molar-refractivity contribution in [3.63, 3.8) is 0 Å². The molecule has 2 heterocycles. The smallest absolute Gasteiger partial charge is 0.306 e. The highest BCUT2D eigenvalue weighted by molar-refractivity contribution is 5.93. The first-order valence-corrected chi connectivity index (χ1v) is 6.16. The van der Waals surface area contributed by atoms with Crippen LogP contribution in [0.2, 0.25) is 0 Å². The van der Waals surface area contributed by atoms with Crippen molar-refractivity contribution >= 4 is 11.9 Å². The number of carboxylic acid groups (broad SMARTS) is 1. The van der Waals surface area contributed by atoms with Crippen molar-refractivity contribution < 1.29 is 14.7 Å². The summed E-state index contributed by atoms with van der Waals surface area (Å²) in [5.74, 6) is -1.09. The number of likely N-dealkylation sites (tertiary alicyclic amines) is 1. The predicted molar refractivity (Wildman–Crippen MR) is 66.3 cm³/mol. The second-order valence-corrected chi connectivity index (χ2v) is 4.91. The van der Waals surface area contributed by atoms with Gasteiger partial charge in [-0.05, 0) is 31.9 Å². The van der Waals surface area contributed by atoms with E-state index < -0.39 is 5.97 Å². The second kappa shape index (κ2) is 4.84. The first kappa shape index (κ1) is 12.7. The van der Waals surface area contributed by atoms with Gasteiger partial charge in [-0.15, -0.1) is 0 Å². The number of piperidine rings is 1. The second-order valence-electron chi connectivity index (χ2n) is 4.91. The van der Waals surface area contributed by atoms with Crippen molar-refractivity contribution in [3.05, 3.63) is 24.0 Å². The number of carbonyl (C=O) groups excluding carboxylic acids is 1. The molecule has 98 valence electrons. The van der Waals surface area contributed by atoms with Crippen LogP contribution in [0.4, 0.5) is 0 Å². The van der Waals surface area contributed by atoms with E-state index in [0.29, 0.717) is 25.1 Å². The number of hydrogen-bond acceptors (Lipinski definition) is 2. The SMILES string of the molecule is CC1CC(C(=O)O)CCN1C(=O)c1cccn1C. The van der Waals surface area contributed by atoms with Gasteiger partial charge in [-0.25, -0.2) is 0 Å². The Kier molecular flexibility index (Phi) is 3.41. The number of rotatable bonds is 2. The molecule has 1 aliphatic heterocycles.